The quantitative estimate of drug-likeness (QED) is 0.0515. The van der Waals surface area contributed by atoms with Gasteiger partial charge in [0.1, 0.15) is 0 Å². The second kappa shape index (κ2) is 41.2. The molecule has 0 bridgehead atoms. The number of rotatable bonds is 24. The highest BCUT2D eigenvalue weighted by Crippen LogP contribution is 2.16. The van der Waals surface area contributed by atoms with Crippen LogP contribution in [-0.4, -0.2) is 24.4 Å². The predicted molar refractivity (Wildman–Crippen MR) is 193 cm³/mol. The third-order valence-corrected chi connectivity index (χ3v) is 10.4. The summed E-state index contributed by atoms with van der Waals surface area (Å²) in [5, 5.41) is 1.17. The molecule has 216 valence electrons. The van der Waals surface area contributed by atoms with Gasteiger partial charge in [-0.1, -0.05) is 194 Å². The van der Waals surface area contributed by atoms with Crippen molar-refractivity contribution in [3.05, 3.63) is 0 Å². The average molecular weight is 871 g/mol. The maximum Gasteiger partial charge on any atom is 0.0223 e. The zero-order valence-corrected chi connectivity index (χ0v) is 32.0. The Morgan fingerprint density at radius 1 is 0.600 bits per heavy atom. The molecule has 2 atom stereocenters. The van der Waals surface area contributed by atoms with Gasteiger partial charge in [-0.3, -0.25) is 0 Å². The van der Waals surface area contributed by atoms with Crippen molar-refractivity contribution >= 4 is 88.6 Å². The highest BCUT2D eigenvalue weighted by Gasteiger charge is 2.00. The van der Waals surface area contributed by atoms with Crippen LogP contribution in [0, 0.1) is 0 Å². The fourth-order valence-corrected chi connectivity index (χ4v) is 5.51. The van der Waals surface area contributed by atoms with Crippen LogP contribution in [0.5, 0.6) is 0 Å². The van der Waals surface area contributed by atoms with Crippen LogP contribution in [0.25, 0.3) is 0 Å². The summed E-state index contributed by atoms with van der Waals surface area (Å²) in [5.41, 5.74) is 0. The lowest BCUT2D eigenvalue weighted by molar-refractivity contribution is 0.586. The standard InChI is InChI=1S/C10H20Br2.C10H21Cl.C10H20I2/c1-2-10(12)8-6-4-3-5-7-9-11;1-2-3-4-5-6-7-8-9-10-11;1-2-10(12)8-6-4-3-5-7-9-11/h10H,2-9H2,1H3;2-10H2,1H3;10H,2-9H2,1H3. The third kappa shape index (κ3) is 46.9. The van der Waals surface area contributed by atoms with E-state index in [1.807, 2.05) is 0 Å². The van der Waals surface area contributed by atoms with E-state index in [0.717, 1.165) is 14.6 Å². The minimum atomic E-state index is 0.758. The Kier molecular flexibility index (Phi) is 49.6. The topological polar surface area (TPSA) is 0 Å². The van der Waals surface area contributed by atoms with Crippen LogP contribution < -0.4 is 0 Å². The second-order valence-electron chi connectivity index (χ2n) is 9.67. The number of unbranched alkanes of at least 4 members (excludes halogenated alkanes) is 15. The molecular formula is C30H61Br2ClI2. The first-order valence-electron chi connectivity index (χ1n) is 15.0. The molecule has 0 saturated carbocycles. The van der Waals surface area contributed by atoms with Gasteiger partial charge in [0.05, 0.1) is 0 Å². The Hall–Kier alpha value is 2.71. The Morgan fingerprint density at radius 2 is 1.06 bits per heavy atom. The van der Waals surface area contributed by atoms with Crippen molar-refractivity contribution in [3.63, 3.8) is 0 Å². The summed E-state index contributed by atoms with van der Waals surface area (Å²) in [6.45, 7) is 6.78. The van der Waals surface area contributed by atoms with Gasteiger partial charge in [-0.25, -0.2) is 0 Å². The fraction of sp³-hybridized carbons (Fsp3) is 1.00. The van der Waals surface area contributed by atoms with Gasteiger partial charge in [0.15, 0.2) is 0 Å². The van der Waals surface area contributed by atoms with Crippen molar-refractivity contribution in [2.75, 3.05) is 15.6 Å². The highest BCUT2D eigenvalue weighted by molar-refractivity contribution is 14.1. The highest BCUT2D eigenvalue weighted by atomic mass is 127. The number of hydrogen-bond acceptors (Lipinski definition) is 0. The molecule has 35 heavy (non-hydrogen) atoms. The smallest absolute Gasteiger partial charge is 0.0223 e. The Morgan fingerprint density at radius 3 is 1.51 bits per heavy atom. The predicted octanol–water partition coefficient (Wildman–Crippen LogP) is 14.2. The van der Waals surface area contributed by atoms with Gasteiger partial charge in [0.25, 0.3) is 0 Å². The van der Waals surface area contributed by atoms with Gasteiger partial charge in [-0.05, 0) is 49.4 Å². The SMILES string of the molecule is CCC(Br)CCCCCCCBr.CCC(I)CCCCCCCI.CCCCCCCCCCCl. The van der Waals surface area contributed by atoms with Crippen molar-refractivity contribution in [3.8, 4) is 0 Å². The maximum absolute atomic E-state index is 5.56. The Labute approximate surface area is 272 Å². The van der Waals surface area contributed by atoms with Gasteiger partial charge in [-0.2, -0.15) is 0 Å². The molecule has 0 aliphatic rings. The lowest BCUT2D eigenvalue weighted by atomic mass is 10.1. The van der Waals surface area contributed by atoms with E-state index in [-0.39, 0.29) is 0 Å². The van der Waals surface area contributed by atoms with E-state index in [4.69, 9.17) is 11.6 Å². The van der Waals surface area contributed by atoms with Gasteiger partial charge in [-0.15, -0.1) is 11.6 Å². The monoisotopic (exact) mass is 868 g/mol. The number of hydrogen-bond donors (Lipinski definition) is 0. The largest absolute Gasteiger partial charge is 0.127 e. The van der Waals surface area contributed by atoms with Crippen LogP contribution in [0.4, 0.5) is 0 Å². The molecular weight excluding hydrogens is 809 g/mol. The number of halogens is 5. The first kappa shape index (κ1) is 42.2. The fourth-order valence-electron chi connectivity index (χ4n) is 3.62. The molecule has 2 unspecified atom stereocenters. The van der Waals surface area contributed by atoms with Crippen molar-refractivity contribution in [2.24, 2.45) is 0 Å². The zero-order valence-electron chi connectivity index (χ0n) is 23.7. The molecule has 0 heterocycles. The van der Waals surface area contributed by atoms with Crippen LogP contribution in [-0.2, 0) is 0 Å². The Balaban J connectivity index is -0.000000439. The summed E-state index contributed by atoms with van der Waals surface area (Å²) >= 11 is 17.7. The molecule has 0 amide bonds. The van der Waals surface area contributed by atoms with E-state index in [0.29, 0.717) is 0 Å². The molecule has 0 aromatic rings. The first-order valence-corrected chi connectivity index (χ1v) is 20.3. The van der Waals surface area contributed by atoms with Gasteiger partial charge >= 0.3 is 0 Å². The molecule has 0 rings (SSSR count). The third-order valence-electron chi connectivity index (χ3n) is 6.18. The van der Waals surface area contributed by atoms with Crippen LogP contribution in [0.15, 0.2) is 0 Å². The molecule has 5 heteroatoms. The van der Waals surface area contributed by atoms with Crippen molar-refractivity contribution in [2.45, 2.75) is 171 Å². The maximum atomic E-state index is 5.56. The lowest BCUT2D eigenvalue weighted by Crippen LogP contribution is -1.94. The van der Waals surface area contributed by atoms with Gasteiger partial charge in [0, 0.05) is 20.0 Å². The van der Waals surface area contributed by atoms with Crippen LogP contribution in [0.1, 0.15) is 162 Å². The molecule has 0 aromatic heterocycles. The Bertz CT molecular complexity index is 305. The molecule has 0 radical (unpaired) electrons. The normalized spacial score (nSPS) is 12.3. The van der Waals surface area contributed by atoms with E-state index in [1.54, 1.807) is 0 Å². The van der Waals surface area contributed by atoms with E-state index in [1.165, 1.54) is 151 Å². The van der Waals surface area contributed by atoms with Crippen LogP contribution in [0.2, 0.25) is 0 Å². The summed E-state index contributed by atoms with van der Waals surface area (Å²) in [5.74, 6) is 0.842. The van der Waals surface area contributed by atoms with E-state index in [2.05, 4.69) is 97.8 Å². The molecule has 0 aromatic carbocycles. The minimum Gasteiger partial charge on any atom is -0.127 e. The summed E-state index contributed by atoms with van der Waals surface area (Å²) in [4.78, 5) is 0.758. The van der Waals surface area contributed by atoms with Gasteiger partial charge < -0.3 is 0 Å². The molecule has 0 spiro atoms. The zero-order chi connectivity index (χ0) is 26.8. The van der Waals surface area contributed by atoms with Gasteiger partial charge in [0.2, 0.25) is 0 Å². The molecule has 0 saturated heterocycles. The molecule has 0 nitrogen and oxygen atoms in total. The van der Waals surface area contributed by atoms with E-state index < -0.39 is 0 Å². The van der Waals surface area contributed by atoms with Crippen LogP contribution >= 0.6 is 88.6 Å². The summed E-state index contributed by atoms with van der Waals surface area (Å²) in [7, 11) is 0. The van der Waals surface area contributed by atoms with Crippen molar-refractivity contribution < 1.29 is 0 Å². The molecule has 0 fully saturated rings. The van der Waals surface area contributed by atoms with E-state index >= 15 is 0 Å². The number of alkyl halides is 5. The van der Waals surface area contributed by atoms with Crippen molar-refractivity contribution in [1.29, 1.82) is 0 Å². The molecule has 0 aliphatic heterocycles. The average Bonchev–Trinajstić information content (AvgIpc) is 2.88. The van der Waals surface area contributed by atoms with E-state index in [9.17, 15) is 0 Å². The first-order chi connectivity index (χ1) is 17.0. The van der Waals surface area contributed by atoms with Crippen molar-refractivity contribution in [1.82, 2.24) is 0 Å². The lowest BCUT2D eigenvalue weighted by Gasteiger charge is -2.05. The van der Waals surface area contributed by atoms with Crippen LogP contribution in [0.3, 0.4) is 0 Å². The minimum absolute atomic E-state index is 0.758. The second-order valence-corrected chi connectivity index (χ2v) is 15.0. The molecule has 0 aliphatic carbocycles. The summed E-state index contributed by atoms with van der Waals surface area (Å²) < 4.78 is 2.26. The summed E-state index contributed by atoms with van der Waals surface area (Å²) in [6.07, 6.45) is 30.5. The molecule has 0 N–H and O–H groups in total. The summed E-state index contributed by atoms with van der Waals surface area (Å²) in [6, 6.07) is 0.